The van der Waals surface area contributed by atoms with Gasteiger partial charge in [0.15, 0.2) is 0 Å². The molecule has 1 fully saturated rings. The molecule has 0 bridgehead atoms. The van der Waals surface area contributed by atoms with E-state index in [-0.39, 0.29) is 0 Å². The van der Waals surface area contributed by atoms with Gasteiger partial charge in [0.25, 0.3) is 0 Å². The molecule has 0 amide bonds. The number of hydrogen-bond donors (Lipinski definition) is 1. The van der Waals surface area contributed by atoms with Gasteiger partial charge in [-0.3, -0.25) is 0 Å². The van der Waals surface area contributed by atoms with Crippen molar-refractivity contribution in [3.63, 3.8) is 0 Å². The first-order valence-electron chi connectivity index (χ1n) is 6.65. The van der Waals surface area contributed by atoms with Gasteiger partial charge < -0.3 is 10.6 Å². The lowest BCUT2D eigenvalue weighted by Crippen LogP contribution is -2.34. The fourth-order valence-electron chi connectivity index (χ4n) is 2.80. The van der Waals surface area contributed by atoms with E-state index in [1.54, 1.807) is 11.3 Å². The van der Waals surface area contributed by atoms with Crippen molar-refractivity contribution in [2.75, 3.05) is 24.5 Å². The van der Waals surface area contributed by atoms with Gasteiger partial charge in [-0.2, -0.15) is 0 Å². The molecule has 3 rings (SSSR count). The second-order valence-electron chi connectivity index (χ2n) is 4.97. The Balaban J connectivity index is 1.78. The van der Waals surface area contributed by atoms with E-state index < -0.39 is 0 Å². The summed E-state index contributed by atoms with van der Waals surface area (Å²) in [5.41, 5.74) is 5.64. The molecule has 0 saturated carbocycles. The molecule has 1 aliphatic heterocycles. The number of thiophene rings is 1. The number of hydrogen-bond acceptors (Lipinski definition) is 4. The molecule has 0 atom stereocenters. The van der Waals surface area contributed by atoms with Crippen LogP contribution in [0.1, 0.15) is 19.3 Å². The van der Waals surface area contributed by atoms with Crippen LogP contribution in [0.3, 0.4) is 0 Å². The lowest BCUT2D eigenvalue weighted by molar-refractivity contribution is 0.385. The standard InChI is InChI=1S/C14H19N3S/c15-6-1-11-3-8-17(9-4-11)14-12-5-10-18-13(12)2-7-16-14/h2,5,7,10-11H,1,3-4,6,8-9,15H2. The number of piperidine rings is 1. The Bertz CT molecular complexity index is 514. The highest BCUT2D eigenvalue weighted by molar-refractivity contribution is 7.17. The van der Waals surface area contributed by atoms with E-state index in [2.05, 4.69) is 27.4 Å². The zero-order chi connectivity index (χ0) is 12.4. The van der Waals surface area contributed by atoms with Crippen molar-refractivity contribution in [3.05, 3.63) is 23.7 Å². The number of anilines is 1. The monoisotopic (exact) mass is 261 g/mol. The SMILES string of the molecule is NCCC1CCN(c2nccc3sccc23)CC1. The van der Waals surface area contributed by atoms with Gasteiger partial charge in [0.1, 0.15) is 5.82 Å². The van der Waals surface area contributed by atoms with Gasteiger partial charge in [-0.1, -0.05) is 0 Å². The summed E-state index contributed by atoms with van der Waals surface area (Å²) in [6.07, 6.45) is 5.60. The van der Waals surface area contributed by atoms with Crippen molar-refractivity contribution in [2.45, 2.75) is 19.3 Å². The second kappa shape index (κ2) is 5.24. The van der Waals surface area contributed by atoms with Crippen molar-refractivity contribution in [2.24, 2.45) is 11.7 Å². The van der Waals surface area contributed by atoms with Gasteiger partial charge >= 0.3 is 0 Å². The fourth-order valence-corrected chi connectivity index (χ4v) is 3.58. The van der Waals surface area contributed by atoms with Gasteiger partial charge in [-0.25, -0.2) is 4.98 Å². The maximum absolute atomic E-state index is 5.64. The topological polar surface area (TPSA) is 42.1 Å². The Kier molecular flexibility index (Phi) is 3.48. The maximum Gasteiger partial charge on any atom is 0.137 e. The number of pyridine rings is 1. The average molecular weight is 261 g/mol. The molecule has 2 N–H and O–H groups in total. The molecular formula is C14H19N3S. The number of rotatable bonds is 3. The zero-order valence-corrected chi connectivity index (χ0v) is 11.3. The van der Waals surface area contributed by atoms with E-state index in [9.17, 15) is 0 Å². The molecule has 2 aromatic rings. The minimum absolute atomic E-state index is 0.813. The Morgan fingerprint density at radius 3 is 2.94 bits per heavy atom. The van der Waals surface area contributed by atoms with Crippen LogP contribution in [-0.4, -0.2) is 24.6 Å². The molecule has 0 aromatic carbocycles. The number of fused-ring (bicyclic) bond motifs is 1. The van der Waals surface area contributed by atoms with Crippen molar-refractivity contribution in [1.82, 2.24) is 4.98 Å². The van der Waals surface area contributed by atoms with E-state index in [0.29, 0.717) is 0 Å². The van der Waals surface area contributed by atoms with Crippen LogP contribution in [0.2, 0.25) is 0 Å². The largest absolute Gasteiger partial charge is 0.356 e. The summed E-state index contributed by atoms with van der Waals surface area (Å²) in [7, 11) is 0. The summed E-state index contributed by atoms with van der Waals surface area (Å²) in [5, 5.41) is 3.46. The third kappa shape index (κ3) is 2.22. The molecule has 3 nitrogen and oxygen atoms in total. The summed E-state index contributed by atoms with van der Waals surface area (Å²) in [6, 6.07) is 4.29. The molecule has 0 radical (unpaired) electrons. The first-order valence-corrected chi connectivity index (χ1v) is 7.53. The highest BCUT2D eigenvalue weighted by Gasteiger charge is 2.20. The van der Waals surface area contributed by atoms with E-state index >= 15 is 0 Å². The molecule has 2 aromatic heterocycles. The maximum atomic E-state index is 5.64. The average Bonchev–Trinajstić information content (AvgIpc) is 2.88. The number of aromatic nitrogens is 1. The molecule has 96 valence electrons. The van der Waals surface area contributed by atoms with Crippen LogP contribution in [0.15, 0.2) is 23.7 Å². The number of nitrogens with two attached hydrogens (primary N) is 1. The lowest BCUT2D eigenvalue weighted by Gasteiger charge is -2.33. The lowest BCUT2D eigenvalue weighted by atomic mass is 9.93. The van der Waals surface area contributed by atoms with E-state index in [0.717, 1.165) is 25.6 Å². The molecular weight excluding hydrogens is 242 g/mol. The van der Waals surface area contributed by atoms with Gasteiger partial charge in [0.2, 0.25) is 0 Å². The van der Waals surface area contributed by atoms with Crippen LogP contribution < -0.4 is 10.6 Å². The molecule has 0 unspecified atom stereocenters. The third-order valence-corrected chi connectivity index (χ3v) is 4.73. The Labute approximate surface area is 112 Å². The summed E-state index contributed by atoms with van der Waals surface area (Å²) < 4.78 is 1.34. The first-order chi connectivity index (χ1) is 8.88. The smallest absolute Gasteiger partial charge is 0.137 e. The molecule has 1 aliphatic rings. The predicted molar refractivity (Wildman–Crippen MR) is 78.2 cm³/mol. The third-order valence-electron chi connectivity index (χ3n) is 3.85. The molecule has 18 heavy (non-hydrogen) atoms. The van der Waals surface area contributed by atoms with Crippen LogP contribution in [0.25, 0.3) is 10.1 Å². The van der Waals surface area contributed by atoms with Gasteiger partial charge in [0.05, 0.1) is 0 Å². The molecule has 4 heteroatoms. The predicted octanol–water partition coefficient (Wildman–Crippen LogP) is 2.86. The summed E-state index contributed by atoms with van der Waals surface area (Å²) >= 11 is 1.79. The summed E-state index contributed by atoms with van der Waals surface area (Å²) in [5.74, 6) is 1.98. The first kappa shape index (κ1) is 11.9. The minimum atomic E-state index is 0.813. The number of nitrogens with zero attached hydrogens (tertiary/aromatic N) is 2. The normalized spacial score (nSPS) is 17.5. The van der Waals surface area contributed by atoms with E-state index in [4.69, 9.17) is 5.73 Å². The second-order valence-corrected chi connectivity index (χ2v) is 5.92. The fraction of sp³-hybridized carbons (Fsp3) is 0.500. The van der Waals surface area contributed by atoms with Crippen molar-refractivity contribution >= 4 is 27.2 Å². The minimum Gasteiger partial charge on any atom is -0.356 e. The highest BCUT2D eigenvalue weighted by atomic mass is 32.1. The van der Waals surface area contributed by atoms with E-state index in [1.807, 2.05) is 6.20 Å². The van der Waals surface area contributed by atoms with Crippen LogP contribution >= 0.6 is 11.3 Å². The van der Waals surface area contributed by atoms with Crippen molar-refractivity contribution in [1.29, 1.82) is 0 Å². The Hall–Kier alpha value is -1.13. The van der Waals surface area contributed by atoms with Crippen molar-refractivity contribution in [3.8, 4) is 0 Å². The van der Waals surface area contributed by atoms with Crippen LogP contribution in [-0.2, 0) is 0 Å². The Morgan fingerprint density at radius 1 is 1.33 bits per heavy atom. The van der Waals surface area contributed by atoms with Gasteiger partial charge in [-0.15, -0.1) is 11.3 Å². The van der Waals surface area contributed by atoms with Crippen LogP contribution in [0, 0.1) is 5.92 Å². The quantitative estimate of drug-likeness (QED) is 0.923. The Morgan fingerprint density at radius 2 is 2.17 bits per heavy atom. The molecule has 0 aliphatic carbocycles. The zero-order valence-electron chi connectivity index (χ0n) is 10.5. The molecule has 0 spiro atoms. The van der Waals surface area contributed by atoms with Crippen LogP contribution in [0.5, 0.6) is 0 Å². The molecule has 3 heterocycles. The summed E-state index contributed by atoms with van der Waals surface area (Å²) in [6.45, 7) is 3.06. The van der Waals surface area contributed by atoms with Gasteiger partial charge in [-0.05, 0) is 49.2 Å². The van der Waals surface area contributed by atoms with Crippen molar-refractivity contribution < 1.29 is 0 Å². The van der Waals surface area contributed by atoms with E-state index in [1.165, 1.54) is 35.2 Å². The molecule has 1 saturated heterocycles. The van der Waals surface area contributed by atoms with Crippen LogP contribution in [0.4, 0.5) is 5.82 Å². The van der Waals surface area contributed by atoms with Gasteiger partial charge in [0, 0.05) is 29.4 Å². The highest BCUT2D eigenvalue weighted by Crippen LogP contribution is 2.31. The summed E-state index contributed by atoms with van der Waals surface area (Å²) in [4.78, 5) is 7.01.